The number of hydrogen-bond acceptors (Lipinski definition) is 4. The molecule has 0 atom stereocenters. The van der Waals surface area contributed by atoms with Gasteiger partial charge in [-0.25, -0.2) is 0 Å². The third-order valence-corrected chi connectivity index (χ3v) is 5.23. The van der Waals surface area contributed by atoms with Gasteiger partial charge in [-0.3, -0.25) is 4.79 Å². The summed E-state index contributed by atoms with van der Waals surface area (Å²) in [5.74, 6) is 0.0740. The molecule has 5 heteroatoms. The Balaban J connectivity index is 0.00000119. The minimum atomic E-state index is -0.458. The predicted molar refractivity (Wildman–Crippen MR) is 139 cm³/mol. The Morgan fingerprint density at radius 3 is 2.03 bits per heavy atom. The molecule has 0 radical (unpaired) electrons. The molecule has 1 aliphatic rings. The van der Waals surface area contributed by atoms with Crippen LogP contribution in [0.15, 0.2) is 71.5 Å². The second-order valence-electron chi connectivity index (χ2n) is 10.6. The minimum absolute atomic E-state index is 0. The monoisotopic (exact) mass is 508 g/mol. The van der Waals surface area contributed by atoms with E-state index in [1.165, 1.54) is 18.2 Å². The second kappa shape index (κ2) is 12.8. The number of esters is 1. The zero-order valence-corrected chi connectivity index (χ0v) is 23.1. The molecular weight excluding hydrogens is 469 g/mol. The van der Waals surface area contributed by atoms with Gasteiger partial charge in [0.15, 0.2) is 5.78 Å². The van der Waals surface area contributed by atoms with E-state index >= 15 is 0 Å². The number of anilines is 1. The standard InChI is InChI=1S/C24H33NO.C5H7O2.Ni/c1-16(2)19-11-9-10-12-21(19)25-15-17-13-18(23(3,4)5)14-20(22(17)26)24(6,7)8;1-4(2)5(6)7-3;/h9-16,25H,1-8H3;1-2H2,3H3;/q;-1;/b17-15+;;. The van der Waals surface area contributed by atoms with E-state index < -0.39 is 5.97 Å². The second-order valence-corrected chi connectivity index (χ2v) is 10.6. The van der Waals surface area contributed by atoms with Crippen LogP contribution in [0.3, 0.4) is 0 Å². The maximum Gasteiger partial charge on any atom is 0.218 e. The maximum atomic E-state index is 13.1. The SMILES string of the molecule is C=C([CH2-])C(=O)OC.CC(C)c1ccccc1N/C=C1\C=C(C(C)(C)C)C=C(C(C)(C)C)C1=O.[Ni]. The van der Waals surface area contributed by atoms with Gasteiger partial charge in [0.05, 0.1) is 7.11 Å². The van der Waals surface area contributed by atoms with Gasteiger partial charge in [0.1, 0.15) is 0 Å². The average molecular weight is 509 g/mol. The van der Waals surface area contributed by atoms with Gasteiger partial charge < -0.3 is 14.8 Å². The molecule has 1 N–H and O–H groups in total. The van der Waals surface area contributed by atoms with Crippen molar-refractivity contribution in [2.24, 2.45) is 10.8 Å². The van der Waals surface area contributed by atoms with Crippen LogP contribution in [-0.2, 0) is 30.8 Å². The Morgan fingerprint density at radius 2 is 1.62 bits per heavy atom. The van der Waals surface area contributed by atoms with Gasteiger partial charge in [0, 0.05) is 39.5 Å². The molecule has 0 amide bonds. The van der Waals surface area contributed by atoms with Crippen LogP contribution in [0.4, 0.5) is 5.69 Å². The number of para-hydroxylation sites is 1. The summed E-state index contributed by atoms with van der Waals surface area (Å²) in [7, 11) is 1.29. The number of Topliss-reactive ketones (excluding diaryl/α,β-unsaturated/α-hetero) is 1. The molecule has 0 aliphatic heterocycles. The molecular formula is C29H40NNiO3-. The molecule has 34 heavy (non-hydrogen) atoms. The summed E-state index contributed by atoms with van der Waals surface area (Å²) in [6, 6.07) is 8.27. The van der Waals surface area contributed by atoms with Crippen molar-refractivity contribution in [2.75, 3.05) is 12.4 Å². The molecule has 0 aromatic heterocycles. The van der Waals surface area contributed by atoms with E-state index in [4.69, 9.17) is 0 Å². The number of hydrogen-bond donors (Lipinski definition) is 1. The number of nitrogens with one attached hydrogen (secondary N) is 1. The summed E-state index contributed by atoms with van der Waals surface area (Å²) in [5.41, 5.74) is 5.08. The topological polar surface area (TPSA) is 55.4 Å². The van der Waals surface area contributed by atoms with E-state index in [2.05, 4.69) is 103 Å². The van der Waals surface area contributed by atoms with Crippen molar-refractivity contribution in [3.8, 4) is 0 Å². The van der Waals surface area contributed by atoms with E-state index in [1.807, 2.05) is 18.3 Å². The molecule has 0 saturated carbocycles. The molecule has 1 aliphatic carbocycles. The molecule has 0 bridgehead atoms. The Morgan fingerprint density at radius 1 is 1.06 bits per heavy atom. The van der Waals surface area contributed by atoms with Crippen molar-refractivity contribution >= 4 is 17.4 Å². The molecule has 0 fully saturated rings. The van der Waals surface area contributed by atoms with Crippen LogP contribution in [0.1, 0.15) is 66.9 Å². The normalized spacial score (nSPS) is 14.9. The van der Waals surface area contributed by atoms with Crippen molar-refractivity contribution in [3.05, 3.63) is 84.0 Å². The fraction of sp³-hybridized carbons (Fsp3) is 0.414. The Bertz CT molecular complexity index is 983. The average Bonchev–Trinajstić information content (AvgIpc) is 2.71. The third-order valence-electron chi connectivity index (χ3n) is 5.23. The van der Waals surface area contributed by atoms with E-state index in [0.29, 0.717) is 5.92 Å². The van der Waals surface area contributed by atoms with Crippen molar-refractivity contribution < 1.29 is 30.8 Å². The predicted octanol–water partition coefficient (Wildman–Crippen LogP) is 7.18. The number of allylic oxidation sites excluding steroid dienone is 5. The zero-order valence-electron chi connectivity index (χ0n) is 22.1. The summed E-state index contributed by atoms with van der Waals surface area (Å²) >= 11 is 0. The van der Waals surface area contributed by atoms with Crippen molar-refractivity contribution in [2.45, 2.75) is 61.3 Å². The van der Waals surface area contributed by atoms with Crippen LogP contribution in [0.5, 0.6) is 0 Å². The number of carbonyl (C=O) groups is 2. The maximum absolute atomic E-state index is 13.1. The molecule has 0 saturated heterocycles. The van der Waals surface area contributed by atoms with Crippen LogP contribution >= 0.6 is 0 Å². The van der Waals surface area contributed by atoms with Crippen LogP contribution in [-0.4, -0.2) is 18.9 Å². The molecule has 1 aromatic rings. The first kappa shape index (κ1) is 31.5. The van der Waals surface area contributed by atoms with Gasteiger partial charge in [-0.15, -0.1) is 5.57 Å². The molecule has 0 heterocycles. The molecule has 4 nitrogen and oxygen atoms in total. The number of methoxy groups -OCH3 is 1. The van der Waals surface area contributed by atoms with Crippen molar-refractivity contribution in [1.82, 2.24) is 0 Å². The van der Waals surface area contributed by atoms with Crippen LogP contribution in [0, 0.1) is 17.8 Å². The molecule has 2 rings (SSSR count). The first-order chi connectivity index (χ1) is 15.1. The quantitative estimate of drug-likeness (QED) is 0.202. The molecule has 190 valence electrons. The smallest absolute Gasteiger partial charge is 0.218 e. The summed E-state index contributed by atoms with van der Waals surface area (Å²) in [5, 5.41) is 3.38. The summed E-state index contributed by atoms with van der Waals surface area (Å²) in [6.07, 6.45) is 5.98. The molecule has 0 spiro atoms. The van der Waals surface area contributed by atoms with Crippen molar-refractivity contribution in [3.63, 3.8) is 0 Å². The molecule has 1 aromatic carbocycles. The zero-order chi connectivity index (χ0) is 25.6. The minimum Gasteiger partial charge on any atom is -0.523 e. The van der Waals surface area contributed by atoms with E-state index in [1.54, 1.807) is 0 Å². The number of benzene rings is 1. The fourth-order valence-corrected chi connectivity index (χ4v) is 3.18. The van der Waals surface area contributed by atoms with E-state index in [0.717, 1.165) is 16.8 Å². The summed E-state index contributed by atoms with van der Waals surface area (Å²) in [4.78, 5) is 23.2. The van der Waals surface area contributed by atoms with Gasteiger partial charge in [0.2, 0.25) is 5.97 Å². The largest absolute Gasteiger partial charge is 0.523 e. The van der Waals surface area contributed by atoms with Crippen LogP contribution < -0.4 is 5.32 Å². The fourth-order valence-electron chi connectivity index (χ4n) is 3.18. The first-order valence-corrected chi connectivity index (χ1v) is 11.2. The molecule has 0 unspecified atom stereocenters. The van der Waals surface area contributed by atoms with E-state index in [9.17, 15) is 9.59 Å². The third kappa shape index (κ3) is 9.02. The van der Waals surface area contributed by atoms with Gasteiger partial charge in [-0.2, -0.15) is 13.5 Å². The van der Waals surface area contributed by atoms with Crippen LogP contribution in [0.2, 0.25) is 0 Å². The van der Waals surface area contributed by atoms with Crippen molar-refractivity contribution in [1.29, 1.82) is 0 Å². The van der Waals surface area contributed by atoms with E-state index in [-0.39, 0.29) is 38.7 Å². The number of carbonyl (C=O) groups excluding carboxylic acids is 2. The van der Waals surface area contributed by atoms with Gasteiger partial charge in [-0.05, 0) is 40.0 Å². The Kier molecular flexibility index (Phi) is 11.9. The van der Waals surface area contributed by atoms with Gasteiger partial charge in [-0.1, -0.05) is 79.7 Å². The summed E-state index contributed by atoms with van der Waals surface area (Å²) in [6.45, 7) is 23.7. The first-order valence-electron chi connectivity index (χ1n) is 11.2. The number of rotatable bonds is 4. The van der Waals surface area contributed by atoms with Gasteiger partial charge in [0.25, 0.3) is 0 Å². The number of ether oxygens (including phenoxy) is 1. The number of ketones is 1. The Hall–Kier alpha value is -2.52. The Labute approximate surface area is 216 Å². The van der Waals surface area contributed by atoms with Crippen LogP contribution in [0.25, 0.3) is 0 Å². The van der Waals surface area contributed by atoms with Gasteiger partial charge >= 0.3 is 0 Å². The summed E-state index contributed by atoms with van der Waals surface area (Å²) < 4.78 is 4.21.